The SMILES string of the molecule is FC(C(F)(F)F)C(F)(F)C1=CCCC1Br. The summed E-state index contributed by atoms with van der Waals surface area (Å²) in [5.41, 5.74) is -0.813. The van der Waals surface area contributed by atoms with E-state index in [0.29, 0.717) is 0 Å². The van der Waals surface area contributed by atoms with Crippen molar-refractivity contribution in [2.75, 3.05) is 0 Å². The highest BCUT2D eigenvalue weighted by molar-refractivity contribution is 9.09. The number of rotatable bonds is 2. The summed E-state index contributed by atoms with van der Waals surface area (Å²) in [6, 6.07) is 0. The molecular weight excluding hydrogens is 290 g/mol. The van der Waals surface area contributed by atoms with Crippen LogP contribution in [0.5, 0.6) is 0 Å². The number of alkyl halides is 7. The van der Waals surface area contributed by atoms with Gasteiger partial charge in [0.05, 0.1) is 0 Å². The molecule has 0 amide bonds. The zero-order valence-electron chi connectivity index (χ0n) is 7.29. The summed E-state index contributed by atoms with van der Waals surface area (Å²) in [4.78, 5) is -0.881. The van der Waals surface area contributed by atoms with E-state index in [9.17, 15) is 26.3 Å². The van der Waals surface area contributed by atoms with E-state index >= 15 is 0 Å². The van der Waals surface area contributed by atoms with E-state index < -0.39 is 28.7 Å². The molecule has 88 valence electrons. The molecule has 0 fully saturated rings. The average Bonchev–Trinajstić information content (AvgIpc) is 2.48. The highest BCUT2D eigenvalue weighted by Gasteiger charge is 2.59. The van der Waals surface area contributed by atoms with Crippen molar-refractivity contribution in [2.45, 2.75) is 35.9 Å². The van der Waals surface area contributed by atoms with E-state index in [1.807, 2.05) is 0 Å². The van der Waals surface area contributed by atoms with Crippen molar-refractivity contribution in [2.24, 2.45) is 0 Å². The van der Waals surface area contributed by atoms with Crippen molar-refractivity contribution in [3.63, 3.8) is 0 Å². The van der Waals surface area contributed by atoms with Crippen molar-refractivity contribution in [1.82, 2.24) is 0 Å². The molecule has 1 aliphatic carbocycles. The summed E-state index contributed by atoms with van der Waals surface area (Å²) in [5.74, 6) is -4.48. The zero-order valence-corrected chi connectivity index (χ0v) is 8.88. The molecule has 0 aliphatic heterocycles. The zero-order chi connectivity index (χ0) is 11.9. The Balaban J connectivity index is 2.92. The van der Waals surface area contributed by atoms with Gasteiger partial charge in [-0.25, -0.2) is 4.39 Å². The summed E-state index contributed by atoms with van der Waals surface area (Å²) >= 11 is 2.79. The predicted octanol–water partition coefficient (Wildman–Crippen LogP) is 4.01. The van der Waals surface area contributed by atoms with E-state index in [1.165, 1.54) is 0 Å². The Bertz CT molecular complexity index is 269. The molecule has 0 saturated heterocycles. The fourth-order valence-corrected chi connectivity index (χ4v) is 2.12. The molecule has 0 heterocycles. The molecule has 0 spiro atoms. The van der Waals surface area contributed by atoms with Gasteiger partial charge in [0, 0.05) is 10.4 Å². The lowest BCUT2D eigenvalue weighted by molar-refractivity contribution is -0.233. The Morgan fingerprint density at radius 1 is 1.27 bits per heavy atom. The minimum Gasteiger partial charge on any atom is -0.230 e. The van der Waals surface area contributed by atoms with Crippen LogP contribution in [-0.4, -0.2) is 23.1 Å². The van der Waals surface area contributed by atoms with Gasteiger partial charge < -0.3 is 0 Å². The molecule has 15 heavy (non-hydrogen) atoms. The quantitative estimate of drug-likeness (QED) is 0.410. The highest BCUT2D eigenvalue weighted by Crippen LogP contribution is 2.44. The van der Waals surface area contributed by atoms with Gasteiger partial charge in [-0.15, -0.1) is 0 Å². The number of halogens is 7. The van der Waals surface area contributed by atoms with Gasteiger partial charge in [-0.3, -0.25) is 0 Å². The summed E-state index contributed by atoms with van der Waals surface area (Å²) in [5, 5.41) is 0. The van der Waals surface area contributed by atoms with Gasteiger partial charge in [-0.2, -0.15) is 22.0 Å². The van der Waals surface area contributed by atoms with Crippen LogP contribution in [0, 0.1) is 0 Å². The molecule has 0 N–H and O–H groups in total. The average molecular weight is 297 g/mol. The van der Waals surface area contributed by atoms with Crippen LogP contribution in [0.3, 0.4) is 0 Å². The second-order valence-electron chi connectivity index (χ2n) is 3.23. The second-order valence-corrected chi connectivity index (χ2v) is 4.34. The topological polar surface area (TPSA) is 0 Å². The second kappa shape index (κ2) is 3.99. The van der Waals surface area contributed by atoms with Gasteiger partial charge >= 0.3 is 12.1 Å². The Hall–Kier alpha value is -0.200. The Morgan fingerprint density at radius 3 is 2.13 bits per heavy atom. The number of allylic oxidation sites excluding steroid dienone is 2. The van der Waals surface area contributed by atoms with Gasteiger partial charge in [0.2, 0.25) is 0 Å². The third kappa shape index (κ3) is 2.49. The lowest BCUT2D eigenvalue weighted by atomic mass is 10.0. The molecule has 1 aliphatic rings. The van der Waals surface area contributed by atoms with Crippen LogP contribution in [0.25, 0.3) is 0 Å². The first kappa shape index (κ1) is 12.9. The summed E-state index contributed by atoms with van der Waals surface area (Å²) in [6.07, 6.45) is -8.24. The van der Waals surface area contributed by atoms with Gasteiger partial charge in [0.1, 0.15) is 0 Å². The molecule has 7 heteroatoms. The number of hydrogen-bond acceptors (Lipinski definition) is 0. The lowest BCUT2D eigenvalue weighted by Gasteiger charge is -2.25. The maximum atomic E-state index is 13.1. The van der Waals surface area contributed by atoms with Gasteiger partial charge in [0.15, 0.2) is 0 Å². The molecule has 2 atom stereocenters. The highest BCUT2D eigenvalue weighted by atomic mass is 79.9. The first-order valence-electron chi connectivity index (χ1n) is 4.10. The third-order valence-corrected chi connectivity index (χ3v) is 3.06. The van der Waals surface area contributed by atoms with Crippen LogP contribution < -0.4 is 0 Å². The molecule has 0 radical (unpaired) electrons. The first-order chi connectivity index (χ1) is 6.67. The van der Waals surface area contributed by atoms with Gasteiger partial charge in [-0.05, 0) is 12.8 Å². The van der Waals surface area contributed by atoms with Crippen LogP contribution in [0.2, 0.25) is 0 Å². The van der Waals surface area contributed by atoms with Crippen molar-refractivity contribution < 1.29 is 26.3 Å². The minimum atomic E-state index is -5.54. The molecule has 2 unspecified atom stereocenters. The van der Waals surface area contributed by atoms with Gasteiger partial charge in [0.25, 0.3) is 6.17 Å². The first-order valence-corrected chi connectivity index (χ1v) is 5.02. The van der Waals surface area contributed by atoms with E-state index in [2.05, 4.69) is 15.9 Å². The summed E-state index contributed by atoms with van der Waals surface area (Å²) in [7, 11) is 0. The third-order valence-electron chi connectivity index (χ3n) is 2.11. The van der Waals surface area contributed by atoms with E-state index in [1.54, 1.807) is 0 Å². The Kier molecular flexibility index (Phi) is 3.42. The molecule has 0 bridgehead atoms. The van der Waals surface area contributed by atoms with Crippen molar-refractivity contribution >= 4 is 15.9 Å². The van der Waals surface area contributed by atoms with Crippen molar-refractivity contribution in [3.05, 3.63) is 11.6 Å². The monoisotopic (exact) mass is 296 g/mol. The molecular formula is C8H7BrF6. The molecule has 0 nitrogen and oxygen atoms in total. The fraction of sp³-hybridized carbons (Fsp3) is 0.750. The lowest BCUT2D eigenvalue weighted by Crippen LogP contribution is -2.44. The van der Waals surface area contributed by atoms with Gasteiger partial charge in [-0.1, -0.05) is 22.0 Å². The molecule has 0 saturated carbocycles. The standard InChI is InChI=1S/C8H7BrF6/c9-5-3-1-2-4(5)7(11,12)6(10)8(13,14)15/h2,5-6H,1,3H2. The van der Waals surface area contributed by atoms with Crippen LogP contribution in [-0.2, 0) is 0 Å². The number of hydrogen-bond donors (Lipinski definition) is 0. The molecule has 1 rings (SSSR count). The minimum absolute atomic E-state index is 0.228. The van der Waals surface area contributed by atoms with Crippen LogP contribution in [0.15, 0.2) is 11.6 Å². The summed E-state index contributed by atoms with van der Waals surface area (Å²) in [6.45, 7) is 0. The smallest absolute Gasteiger partial charge is 0.230 e. The van der Waals surface area contributed by atoms with Crippen molar-refractivity contribution in [1.29, 1.82) is 0 Å². The maximum absolute atomic E-state index is 13.1. The Morgan fingerprint density at radius 2 is 1.80 bits per heavy atom. The summed E-state index contributed by atoms with van der Waals surface area (Å²) < 4.78 is 74.2. The van der Waals surface area contributed by atoms with E-state index in [4.69, 9.17) is 0 Å². The van der Waals surface area contributed by atoms with E-state index in [-0.39, 0.29) is 12.8 Å². The van der Waals surface area contributed by atoms with E-state index in [0.717, 1.165) is 6.08 Å². The largest absolute Gasteiger partial charge is 0.426 e. The molecule has 0 aromatic heterocycles. The normalized spacial score (nSPS) is 25.3. The maximum Gasteiger partial charge on any atom is 0.426 e. The van der Waals surface area contributed by atoms with Crippen LogP contribution in [0.4, 0.5) is 26.3 Å². The predicted molar refractivity (Wildman–Crippen MR) is 45.9 cm³/mol. The van der Waals surface area contributed by atoms with Crippen molar-refractivity contribution in [3.8, 4) is 0 Å². The van der Waals surface area contributed by atoms with Crippen LogP contribution in [0.1, 0.15) is 12.8 Å². The molecule has 0 aromatic carbocycles. The fourth-order valence-electron chi connectivity index (χ4n) is 1.37. The Labute approximate surface area is 90.5 Å². The van der Waals surface area contributed by atoms with Crippen LogP contribution >= 0.6 is 15.9 Å². The molecule has 0 aromatic rings.